The van der Waals surface area contributed by atoms with Crippen molar-refractivity contribution >= 4 is 27.6 Å². The number of esters is 1. The predicted octanol–water partition coefficient (Wildman–Crippen LogP) is 4.63. The van der Waals surface area contributed by atoms with Crippen LogP contribution in [0, 0.1) is 6.92 Å². The maximum atomic E-state index is 12.1. The third-order valence-electron chi connectivity index (χ3n) is 6.04. The molecule has 1 fully saturated rings. The number of ether oxygens (including phenoxy) is 2. The van der Waals surface area contributed by atoms with E-state index in [1.54, 1.807) is 7.11 Å². The van der Waals surface area contributed by atoms with Crippen LogP contribution in [0.1, 0.15) is 54.9 Å². The number of likely N-dealkylation sites (N-methyl/N-ethyl adjacent to an activating group) is 1. The van der Waals surface area contributed by atoms with Gasteiger partial charge < -0.3 is 19.7 Å². The molecule has 6 heteroatoms. The fourth-order valence-corrected chi connectivity index (χ4v) is 4.46. The highest BCUT2D eigenvalue weighted by molar-refractivity contribution is 9.10. The van der Waals surface area contributed by atoms with E-state index in [1.807, 2.05) is 13.0 Å². The smallest absolute Gasteiger partial charge is 0.338 e. The summed E-state index contributed by atoms with van der Waals surface area (Å²) < 4.78 is 11.0. The molecule has 1 aliphatic carbocycles. The maximum absolute atomic E-state index is 12.1. The second-order valence-corrected chi connectivity index (χ2v) is 8.50. The number of hydrogen-bond acceptors (Lipinski definition) is 5. The molecule has 27 heavy (non-hydrogen) atoms. The molecule has 0 amide bonds. The van der Waals surface area contributed by atoms with Crippen molar-refractivity contribution in [3.05, 3.63) is 27.7 Å². The van der Waals surface area contributed by atoms with Crippen molar-refractivity contribution in [2.45, 2.75) is 57.5 Å². The molecule has 0 aliphatic heterocycles. The van der Waals surface area contributed by atoms with Crippen LogP contribution in [0.4, 0.5) is 5.69 Å². The van der Waals surface area contributed by atoms with Crippen molar-refractivity contribution in [3.63, 3.8) is 0 Å². The molecule has 1 saturated carbocycles. The first-order chi connectivity index (χ1) is 12.9. The standard InChI is InChI=1S/C21H33BrN2O3/c1-6-21(9-7-17(8-10-21)24(3)11-12-26-4)23-19-14-16(22)13-18(15(19)2)20(25)27-5/h13-14,17,23H,6-12H2,1-5H3/t17-,21+. The number of carbonyl (C=O) groups is 1. The summed E-state index contributed by atoms with van der Waals surface area (Å²) in [5, 5.41) is 3.79. The molecule has 0 radical (unpaired) electrons. The van der Waals surface area contributed by atoms with Gasteiger partial charge in [0.05, 0.1) is 19.3 Å². The van der Waals surface area contributed by atoms with Crippen LogP contribution in [0.15, 0.2) is 16.6 Å². The average molecular weight is 441 g/mol. The average Bonchev–Trinajstić information content (AvgIpc) is 2.68. The van der Waals surface area contributed by atoms with Crippen LogP contribution in [0.3, 0.4) is 0 Å². The number of rotatable bonds is 8. The van der Waals surface area contributed by atoms with Crippen LogP contribution < -0.4 is 5.32 Å². The minimum Gasteiger partial charge on any atom is -0.465 e. The lowest BCUT2D eigenvalue weighted by Crippen LogP contribution is -2.47. The number of nitrogens with zero attached hydrogens (tertiary/aromatic N) is 1. The van der Waals surface area contributed by atoms with Gasteiger partial charge in [0.1, 0.15) is 0 Å². The van der Waals surface area contributed by atoms with Crippen molar-refractivity contribution in [2.75, 3.05) is 39.7 Å². The van der Waals surface area contributed by atoms with Gasteiger partial charge in [-0.3, -0.25) is 0 Å². The van der Waals surface area contributed by atoms with Gasteiger partial charge in [0.15, 0.2) is 0 Å². The Morgan fingerprint density at radius 2 is 2.00 bits per heavy atom. The van der Waals surface area contributed by atoms with Gasteiger partial charge in [-0.2, -0.15) is 0 Å². The Bertz CT molecular complexity index is 643. The van der Waals surface area contributed by atoms with Crippen molar-refractivity contribution < 1.29 is 14.3 Å². The summed E-state index contributed by atoms with van der Waals surface area (Å²) in [7, 11) is 5.37. The van der Waals surface area contributed by atoms with Gasteiger partial charge in [0.2, 0.25) is 0 Å². The number of halogens is 1. The number of anilines is 1. The summed E-state index contributed by atoms with van der Waals surface area (Å²) in [6.07, 6.45) is 5.62. The third kappa shape index (κ3) is 5.46. The lowest BCUT2D eigenvalue weighted by Gasteiger charge is -2.44. The molecule has 0 aromatic heterocycles. The molecule has 5 nitrogen and oxygen atoms in total. The number of nitrogens with one attached hydrogen (secondary N) is 1. The van der Waals surface area contributed by atoms with Gasteiger partial charge in [-0.1, -0.05) is 22.9 Å². The largest absolute Gasteiger partial charge is 0.465 e. The van der Waals surface area contributed by atoms with Gasteiger partial charge in [0, 0.05) is 35.4 Å². The zero-order valence-electron chi connectivity index (χ0n) is 17.2. The maximum Gasteiger partial charge on any atom is 0.338 e. The summed E-state index contributed by atoms with van der Waals surface area (Å²) in [6.45, 7) is 5.98. The summed E-state index contributed by atoms with van der Waals surface area (Å²) in [5.41, 5.74) is 2.63. The molecule has 1 aliphatic rings. The van der Waals surface area contributed by atoms with E-state index in [-0.39, 0.29) is 11.5 Å². The van der Waals surface area contributed by atoms with E-state index in [1.165, 1.54) is 7.11 Å². The molecule has 0 bridgehead atoms. The highest BCUT2D eigenvalue weighted by Gasteiger charge is 2.35. The number of carbonyl (C=O) groups excluding carboxylic acids is 1. The zero-order chi connectivity index (χ0) is 20.0. The second kappa shape index (κ2) is 9.89. The summed E-state index contributed by atoms with van der Waals surface area (Å²) in [4.78, 5) is 14.5. The molecule has 0 spiro atoms. The van der Waals surface area contributed by atoms with Crippen molar-refractivity contribution in [1.82, 2.24) is 4.90 Å². The molecule has 0 atom stereocenters. The Balaban J connectivity index is 2.14. The minimum absolute atomic E-state index is 0.0670. The molecule has 0 unspecified atom stereocenters. The SMILES string of the molecule is CC[C@]1(Nc2cc(Br)cc(C(=O)OC)c2C)CC[C@@H](N(C)CCOC)CC1. The lowest BCUT2D eigenvalue weighted by molar-refractivity contribution is 0.0600. The first-order valence-corrected chi connectivity index (χ1v) is 10.5. The minimum atomic E-state index is -0.300. The molecule has 0 saturated heterocycles. The molecule has 152 valence electrons. The van der Waals surface area contributed by atoms with Gasteiger partial charge >= 0.3 is 5.97 Å². The highest BCUT2D eigenvalue weighted by atomic mass is 79.9. The predicted molar refractivity (Wildman–Crippen MR) is 114 cm³/mol. The Morgan fingerprint density at radius 3 is 2.56 bits per heavy atom. The van der Waals surface area contributed by atoms with E-state index in [2.05, 4.69) is 46.2 Å². The van der Waals surface area contributed by atoms with Crippen LogP contribution in [0.25, 0.3) is 0 Å². The summed E-state index contributed by atoms with van der Waals surface area (Å²) in [6, 6.07) is 4.50. The Labute approximate surface area is 171 Å². The third-order valence-corrected chi connectivity index (χ3v) is 6.50. The van der Waals surface area contributed by atoms with E-state index in [4.69, 9.17) is 9.47 Å². The second-order valence-electron chi connectivity index (χ2n) is 7.58. The van der Waals surface area contributed by atoms with E-state index in [9.17, 15) is 4.79 Å². The summed E-state index contributed by atoms with van der Waals surface area (Å²) in [5.74, 6) is -0.300. The number of benzene rings is 1. The Morgan fingerprint density at radius 1 is 1.33 bits per heavy atom. The Hall–Kier alpha value is -1.11. The van der Waals surface area contributed by atoms with Gasteiger partial charge in [-0.05, 0) is 63.8 Å². The van der Waals surface area contributed by atoms with E-state index in [0.29, 0.717) is 11.6 Å². The molecule has 0 heterocycles. The quantitative estimate of drug-likeness (QED) is 0.597. The highest BCUT2D eigenvalue weighted by Crippen LogP contribution is 2.38. The zero-order valence-corrected chi connectivity index (χ0v) is 18.8. The topological polar surface area (TPSA) is 50.8 Å². The van der Waals surface area contributed by atoms with Crippen molar-refractivity contribution in [3.8, 4) is 0 Å². The van der Waals surface area contributed by atoms with Crippen LogP contribution >= 0.6 is 15.9 Å². The van der Waals surface area contributed by atoms with Gasteiger partial charge in [-0.25, -0.2) is 4.79 Å². The number of hydrogen-bond donors (Lipinski definition) is 1. The van der Waals surface area contributed by atoms with Crippen molar-refractivity contribution in [2.24, 2.45) is 0 Å². The number of methoxy groups -OCH3 is 2. The van der Waals surface area contributed by atoms with Gasteiger partial charge in [-0.15, -0.1) is 0 Å². The normalized spacial score (nSPS) is 22.7. The first-order valence-electron chi connectivity index (χ1n) is 9.71. The van der Waals surface area contributed by atoms with Crippen LogP contribution in [0.5, 0.6) is 0 Å². The lowest BCUT2D eigenvalue weighted by atomic mass is 9.77. The van der Waals surface area contributed by atoms with Crippen LogP contribution in [-0.2, 0) is 9.47 Å². The molecular formula is C21H33BrN2O3. The molecule has 1 aromatic carbocycles. The van der Waals surface area contributed by atoms with E-state index >= 15 is 0 Å². The van der Waals surface area contributed by atoms with Crippen molar-refractivity contribution in [1.29, 1.82) is 0 Å². The van der Waals surface area contributed by atoms with Crippen LogP contribution in [0.2, 0.25) is 0 Å². The fraction of sp³-hybridized carbons (Fsp3) is 0.667. The monoisotopic (exact) mass is 440 g/mol. The van der Waals surface area contributed by atoms with E-state index in [0.717, 1.165) is 61.0 Å². The molecule has 1 N–H and O–H groups in total. The molecule has 2 rings (SSSR count). The summed E-state index contributed by atoms with van der Waals surface area (Å²) >= 11 is 3.54. The Kier molecular flexibility index (Phi) is 8.13. The first kappa shape index (κ1) is 22.2. The van der Waals surface area contributed by atoms with Gasteiger partial charge in [0.25, 0.3) is 0 Å². The van der Waals surface area contributed by atoms with Crippen LogP contribution in [-0.4, -0.2) is 56.9 Å². The molecular weight excluding hydrogens is 408 g/mol. The van der Waals surface area contributed by atoms with E-state index < -0.39 is 0 Å². The molecule has 1 aromatic rings. The fourth-order valence-electron chi connectivity index (χ4n) is 4.00.